The smallest absolute Gasteiger partial charge is 0.222 e. The maximum absolute atomic E-state index is 11.4. The molecular weight excluding hydrogens is 154 g/mol. The number of aliphatic hydroxyl groups is 1. The Labute approximate surface area is 72.4 Å². The molecule has 0 aliphatic carbocycles. The fourth-order valence-corrected chi connectivity index (χ4v) is 2.45. The van der Waals surface area contributed by atoms with E-state index in [9.17, 15) is 4.79 Å². The molecule has 3 heteroatoms. The van der Waals surface area contributed by atoms with Gasteiger partial charge in [0.25, 0.3) is 0 Å². The van der Waals surface area contributed by atoms with E-state index in [1.165, 1.54) is 0 Å². The third-order valence-electron chi connectivity index (χ3n) is 3.13. The molecule has 0 aromatic rings. The van der Waals surface area contributed by atoms with E-state index in [0.29, 0.717) is 24.3 Å². The van der Waals surface area contributed by atoms with E-state index in [0.717, 1.165) is 25.8 Å². The number of rotatable bonds is 1. The number of piperidine rings is 1. The van der Waals surface area contributed by atoms with E-state index in [2.05, 4.69) is 0 Å². The summed E-state index contributed by atoms with van der Waals surface area (Å²) in [5.41, 5.74) is 0. The highest BCUT2D eigenvalue weighted by molar-refractivity contribution is 5.77. The predicted molar refractivity (Wildman–Crippen MR) is 44.5 cm³/mol. The SMILES string of the molecule is O=C1CCC(CO)C2CCCN12. The molecular formula is C9H15NO2. The first kappa shape index (κ1) is 8.05. The molecule has 0 saturated carbocycles. The maximum atomic E-state index is 11.4. The number of amides is 1. The Bertz CT molecular complexity index is 193. The van der Waals surface area contributed by atoms with Gasteiger partial charge in [-0.15, -0.1) is 0 Å². The van der Waals surface area contributed by atoms with Gasteiger partial charge >= 0.3 is 0 Å². The molecule has 12 heavy (non-hydrogen) atoms. The summed E-state index contributed by atoms with van der Waals surface area (Å²) < 4.78 is 0. The number of carbonyl (C=O) groups is 1. The first-order valence-corrected chi connectivity index (χ1v) is 4.73. The van der Waals surface area contributed by atoms with E-state index >= 15 is 0 Å². The Morgan fingerprint density at radius 1 is 1.50 bits per heavy atom. The third kappa shape index (κ3) is 1.12. The zero-order chi connectivity index (χ0) is 8.55. The van der Waals surface area contributed by atoms with Gasteiger partial charge in [0.1, 0.15) is 0 Å². The molecule has 2 aliphatic rings. The number of carbonyl (C=O) groups excluding carboxylic acids is 1. The highest BCUT2D eigenvalue weighted by Crippen LogP contribution is 2.31. The van der Waals surface area contributed by atoms with Crippen molar-refractivity contribution < 1.29 is 9.90 Å². The normalized spacial score (nSPS) is 35.4. The highest BCUT2D eigenvalue weighted by atomic mass is 16.3. The van der Waals surface area contributed by atoms with Crippen molar-refractivity contribution in [3.63, 3.8) is 0 Å². The summed E-state index contributed by atoms with van der Waals surface area (Å²) in [6.45, 7) is 1.16. The summed E-state index contributed by atoms with van der Waals surface area (Å²) in [4.78, 5) is 13.3. The van der Waals surface area contributed by atoms with Crippen molar-refractivity contribution in [1.29, 1.82) is 0 Å². The van der Waals surface area contributed by atoms with Crippen LogP contribution < -0.4 is 0 Å². The summed E-state index contributed by atoms with van der Waals surface area (Å²) in [6, 6.07) is 0.358. The van der Waals surface area contributed by atoms with Crippen LogP contribution in [0.2, 0.25) is 0 Å². The van der Waals surface area contributed by atoms with E-state index in [-0.39, 0.29) is 6.61 Å². The van der Waals surface area contributed by atoms with E-state index in [1.807, 2.05) is 4.90 Å². The number of hydrogen-bond donors (Lipinski definition) is 1. The van der Waals surface area contributed by atoms with Gasteiger partial charge in [-0.1, -0.05) is 0 Å². The lowest BCUT2D eigenvalue weighted by Gasteiger charge is -2.35. The summed E-state index contributed by atoms with van der Waals surface area (Å²) in [6.07, 6.45) is 3.74. The van der Waals surface area contributed by atoms with Crippen molar-refractivity contribution in [3.8, 4) is 0 Å². The second-order valence-corrected chi connectivity index (χ2v) is 3.78. The topological polar surface area (TPSA) is 40.5 Å². The molecule has 2 saturated heterocycles. The maximum Gasteiger partial charge on any atom is 0.222 e. The minimum absolute atomic E-state index is 0.244. The van der Waals surface area contributed by atoms with Gasteiger partial charge < -0.3 is 10.0 Å². The third-order valence-corrected chi connectivity index (χ3v) is 3.13. The van der Waals surface area contributed by atoms with Gasteiger partial charge in [-0.3, -0.25) is 4.79 Å². The fourth-order valence-electron chi connectivity index (χ4n) is 2.45. The lowest BCUT2D eigenvalue weighted by atomic mass is 9.90. The molecule has 2 rings (SSSR count). The average molecular weight is 169 g/mol. The van der Waals surface area contributed by atoms with Crippen LogP contribution in [-0.2, 0) is 4.79 Å². The van der Waals surface area contributed by atoms with Crippen LogP contribution in [0, 0.1) is 5.92 Å². The molecule has 1 amide bonds. The summed E-state index contributed by atoms with van der Waals surface area (Å²) in [5, 5.41) is 9.09. The van der Waals surface area contributed by atoms with Crippen molar-refractivity contribution in [2.75, 3.05) is 13.2 Å². The first-order chi connectivity index (χ1) is 5.83. The molecule has 0 aromatic heterocycles. The first-order valence-electron chi connectivity index (χ1n) is 4.73. The van der Waals surface area contributed by atoms with Gasteiger partial charge in [0, 0.05) is 31.5 Å². The molecule has 2 atom stereocenters. The Hall–Kier alpha value is -0.570. The molecule has 2 unspecified atom stereocenters. The lowest BCUT2D eigenvalue weighted by Crippen LogP contribution is -2.45. The number of fused-ring (bicyclic) bond motifs is 1. The zero-order valence-electron chi connectivity index (χ0n) is 7.20. The Balaban J connectivity index is 2.10. The predicted octanol–water partition coefficient (Wildman–Crippen LogP) is 0.380. The highest BCUT2D eigenvalue weighted by Gasteiger charge is 2.37. The lowest BCUT2D eigenvalue weighted by molar-refractivity contribution is -0.137. The molecule has 1 N–H and O–H groups in total. The van der Waals surface area contributed by atoms with Crippen LogP contribution in [0.15, 0.2) is 0 Å². The molecule has 3 nitrogen and oxygen atoms in total. The quantitative estimate of drug-likeness (QED) is 0.616. The van der Waals surface area contributed by atoms with Crippen molar-refractivity contribution in [3.05, 3.63) is 0 Å². The van der Waals surface area contributed by atoms with Gasteiger partial charge in [-0.25, -0.2) is 0 Å². The molecule has 0 spiro atoms. The number of hydrogen-bond acceptors (Lipinski definition) is 2. The van der Waals surface area contributed by atoms with Gasteiger partial charge in [-0.2, -0.15) is 0 Å². The molecule has 2 aliphatic heterocycles. The zero-order valence-corrected chi connectivity index (χ0v) is 7.20. The van der Waals surface area contributed by atoms with Crippen molar-refractivity contribution in [2.45, 2.75) is 31.7 Å². The van der Waals surface area contributed by atoms with Gasteiger partial charge in [0.05, 0.1) is 0 Å². The molecule has 68 valence electrons. The van der Waals surface area contributed by atoms with E-state index in [4.69, 9.17) is 5.11 Å². The minimum atomic E-state index is 0.244. The summed E-state index contributed by atoms with van der Waals surface area (Å²) in [5.74, 6) is 0.646. The Morgan fingerprint density at radius 3 is 3.08 bits per heavy atom. The van der Waals surface area contributed by atoms with Gasteiger partial charge in [0.2, 0.25) is 5.91 Å². The standard InChI is InChI=1S/C9H15NO2/c11-6-7-3-4-9(12)10-5-1-2-8(7)10/h7-8,11H,1-6H2. The van der Waals surface area contributed by atoms with Crippen molar-refractivity contribution >= 4 is 5.91 Å². The average Bonchev–Trinajstić information content (AvgIpc) is 2.54. The van der Waals surface area contributed by atoms with Crippen LogP contribution in [0.1, 0.15) is 25.7 Å². The van der Waals surface area contributed by atoms with Crippen LogP contribution in [0.25, 0.3) is 0 Å². The van der Waals surface area contributed by atoms with Crippen LogP contribution >= 0.6 is 0 Å². The largest absolute Gasteiger partial charge is 0.396 e. The molecule has 0 bridgehead atoms. The molecule has 2 heterocycles. The second-order valence-electron chi connectivity index (χ2n) is 3.78. The van der Waals surface area contributed by atoms with Crippen LogP contribution in [0.3, 0.4) is 0 Å². The number of nitrogens with zero attached hydrogens (tertiary/aromatic N) is 1. The minimum Gasteiger partial charge on any atom is -0.396 e. The Morgan fingerprint density at radius 2 is 2.33 bits per heavy atom. The monoisotopic (exact) mass is 169 g/mol. The van der Waals surface area contributed by atoms with Crippen molar-refractivity contribution in [1.82, 2.24) is 4.90 Å². The summed E-state index contributed by atoms with van der Waals surface area (Å²) >= 11 is 0. The fraction of sp³-hybridized carbons (Fsp3) is 0.889. The Kier molecular flexibility index (Phi) is 2.05. The van der Waals surface area contributed by atoms with E-state index in [1.54, 1.807) is 0 Å². The van der Waals surface area contributed by atoms with Crippen LogP contribution in [0.4, 0.5) is 0 Å². The molecule has 0 aromatic carbocycles. The van der Waals surface area contributed by atoms with Crippen LogP contribution in [0.5, 0.6) is 0 Å². The van der Waals surface area contributed by atoms with Crippen molar-refractivity contribution in [2.24, 2.45) is 5.92 Å². The summed E-state index contributed by atoms with van der Waals surface area (Å²) in [7, 11) is 0. The molecule has 2 fully saturated rings. The van der Waals surface area contributed by atoms with E-state index < -0.39 is 0 Å². The second kappa shape index (κ2) is 3.05. The van der Waals surface area contributed by atoms with Crippen LogP contribution in [-0.4, -0.2) is 35.1 Å². The van der Waals surface area contributed by atoms with Gasteiger partial charge in [0.15, 0.2) is 0 Å². The molecule has 0 radical (unpaired) electrons. The van der Waals surface area contributed by atoms with Gasteiger partial charge in [-0.05, 0) is 19.3 Å². The number of aliphatic hydroxyl groups excluding tert-OH is 1.